The number of pyridine rings is 1. The van der Waals surface area contributed by atoms with E-state index in [-0.39, 0.29) is 5.78 Å². The number of Topliss-reactive ketones (excluding diaryl/α,β-unsaturated/α-hetero) is 1. The van der Waals surface area contributed by atoms with Crippen molar-refractivity contribution in [1.82, 2.24) is 4.98 Å². The summed E-state index contributed by atoms with van der Waals surface area (Å²) in [5, 5.41) is 0. The normalized spacial score (nSPS) is 19.9. The summed E-state index contributed by atoms with van der Waals surface area (Å²) in [6, 6.07) is 1.72. The lowest BCUT2D eigenvalue weighted by Crippen LogP contribution is -2.11. The Bertz CT molecular complexity index is 373. The van der Waals surface area contributed by atoms with Gasteiger partial charge < -0.3 is 10.5 Å². The molecule has 1 unspecified atom stereocenters. The smallest absolute Gasteiger partial charge is 0.137 e. The average Bonchev–Trinajstić information content (AvgIpc) is 2.74. The van der Waals surface area contributed by atoms with E-state index < -0.39 is 0 Å². The van der Waals surface area contributed by atoms with Crippen LogP contribution in [0.4, 0.5) is 5.69 Å². The molecule has 2 rings (SSSR count). The summed E-state index contributed by atoms with van der Waals surface area (Å²) in [6.45, 7) is 1.50. The van der Waals surface area contributed by atoms with Gasteiger partial charge in [0.05, 0.1) is 0 Å². The van der Waals surface area contributed by atoms with Gasteiger partial charge in [-0.15, -0.1) is 0 Å². The standard InChI is InChI=1S/C12H16N2O2/c13-12-1-3-14-7-10(12)6-11(15)5-9-2-4-16-8-9/h1,3,7,9H,2,4-6,8H2,(H2,13,14). The lowest BCUT2D eigenvalue weighted by Gasteiger charge is -2.07. The largest absolute Gasteiger partial charge is 0.398 e. The highest BCUT2D eigenvalue weighted by molar-refractivity contribution is 5.82. The lowest BCUT2D eigenvalue weighted by atomic mass is 9.98. The summed E-state index contributed by atoms with van der Waals surface area (Å²) >= 11 is 0. The number of rotatable bonds is 4. The number of nitrogens with zero attached hydrogens (tertiary/aromatic N) is 1. The quantitative estimate of drug-likeness (QED) is 0.828. The first-order chi connectivity index (χ1) is 7.75. The molecular formula is C12H16N2O2. The zero-order chi connectivity index (χ0) is 11.4. The monoisotopic (exact) mass is 220 g/mol. The third-order valence-electron chi connectivity index (χ3n) is 2.87. The molecule has 0 saturated carbocycles. The van der Waals surface area contributed by atoms with Gasteiger partial charge in [0.1, 0.15) is 5.78 Å². The second-order valence-electron chi connectivity index (χ2n) is 4.22. The summed E-state index contributed by atoms with van der Waals surface area (Å²) in [5.74, 6) is 0.612. The van der Waals surface area contributed by atoms with E-state index in [2.05, 4.69) is 4.98 Å². The summed E-state index contributed by atoms with van der Waals surface area (Å²) in [5.41, 5.74) is 7.23. The molecule has 1 aliphatic heterocycles. The molecule has 2 N–H and O–H groups in total. The Morgan fingerprint density at radius 3 is 3.19 bits per heavy atom. The molecule has 0 aliphatic carbocycles. The Labute approximate surface area is 94.8 Å². The van der Waals surface area contributed by atoms with Crippen molar-refractivity contribution >= 4 is 11.5 Å². The molecular weight excluding hydrogens is 204 g/mol. The van der Waals surface area contributed by atoms with Gasteiger partial charge in [0.25, 0.3) is 0 Å². The SMILES string of the molecule is Nc1ccncc1CC(=O)CC1CCOC1. The molecule has 1 atom stereocenters. The molecule has 1 fully saturated rings. The van der Waals surface area contributed by atoms with Crippen LogP contribution in [0.3, 0.4) is 0 Å². The van der Waals surface area contributed by atoms with Crippen LogP contribution in [0.15, 0.2) is 18.5 Å². The number of hydrogen-bond donors (Lipinski definition) is 1. The van der Waals surface area contributed by atoms with Crippen LogP contribution < -0.4 is 5.73 Å². The molecule has 0 bridgehead atoms. The van der Waals surface area contributed by atoms with Crippen molar-refractivity contribution in [2.24, 2.45) is 5.92 Å². The van der Waals surface area contributed by atoms with Crippen LogP contribution in [-0.2, 0) is 16.0 Å². The molecule has 4 nitrogen and oxygen atoms in total. The summed E-state index contributed by atoms with van der Waals surface area (Å²) < 4.78 is 5.24. The Hall–Kier alpha value is -1.42. The third-order valence-corrected chi connectivity index (χ3v) is 2.87. The first-order valence-electron chi connectivity index (χ1n) is 5.53. The minimum Gasteiger partial charge on any atom is -0.398 e. The maximum Gasteiger partial charge on any atom is 0.137 e. The van der Waals surface area contributed by atoms with Crippen LogP contribution in [-0.4, -0.2) is 24.0 Å². The van der Waals surface area contributed by atoms with Gasteiger partial charge in [0, 0.05) is 49.7 Å². The number of ether oxygens (including phenoxy) is 1. The molecule has 4 heteroatoms. The highest BCUT2D eigenvalue weighted by Gasteiger charge is 2.19. The lowest BCUT2D eigenvalue weighted by molar-refractivity contribution is -0.119. The predicted octanol–water partition coefficient (Wildman–Crippen LogP) is 1.20. The van der Waals surface area contributed by atoms with Crippen LogP contribution in [0.2, 0.25) is 0 Å². The highest BCUT2D eigenvalue weighted by Crippen LogP contribution is 2.18. The number of carbonyl (C=O) groups is 1. The molecule has 2 heterocycles. The van der Waals surface area contributed by atoms with E-state index in [4.69, 9.17) is 10.5 Å². The fourth-order valence-corrected chi connectivity index (χ4v) is 1.94. The van der Waals surface area contributed by atoms with E-state index >= 15 is 0 Å². The van der Waals surface area contributed by atoms with Crippen molar-refractivity contribution in [3.05, 3.63) is 24.0 Å². The van der Waals surface area contributed by atoms with Gasteiger partial charge in [-0.1, -0.05) is 0 Å². The molecule has 0 amide bonds. The van der Waals surface area contributed by atoms with E-state index in [1.54, 1.807) is 18.5 Å². The van der Waals surface area contributed by atoms with Gasteiger partial charge in [-0.25, -0.2) is 0 Å². The minimum absolute atomic E-state index is 0.218. The van der Waals surface area contributed by atoms with Gasteiger partial charge in [0.15, 0.2) is 0 Å². The molecule has 0 aromatic carbocycles. The van der Waals surface area contributed by atoms with Crippen molar-refractivity contribution in [3.63, 3.8) is 0 Å². The topological polar surface area (TPSA) is 65.2 Å². The minimum atomic E-state index is 0.218. The molecule has 1 aliphatic rings. The zero-order valence-corrected chi connectivity index (χ0v) is 9.19. The summed E-state index contributed by atoms with van der Waals surface area (Å²) in [6.07, 6.45) is 5.27. The van der Waals surface area contributed by atoms with Crippen LogP contribution in [0.1, 0.15) is 18.4 Å². The fraction of sp³-hybridized carbons (Fsp3) is 0.500. The van der Waals surface area contributed by atoms with Crippen molar-refractivity contribution in [3.8, 4) is 0 Å². The number of hydrogen-bond acceptors (Lipinski definition) is 4. The highest BCUT2D eigenvalue weighted by atomic mass is 16.5. The molecule has 1 saturated heterocycles. The van der Waals surface area contributed by atoms with Crippen molar-refractivity contribution in [2.75, 3.05) is 18.9 Å². The number of nitrogen functional groups attached to an aromatic ring is 1. The number of anilines is 1. The van der Waals surface area contributed by atoms with E-state index in [9.17, 15) is 4.79 Å². The number of aromatic nitrogens is 1. The first kappa shape index (κ1) is 11.1. The Morgan fingerprint density at radius 1 is 1.62 bits per heavy atom. The summed E-state index contributed by atoms with van der Waals surface area (Å²) in [4.78, 5) is 15.8. The summed E-state index contributed by atoms with van der Waals surface area (Å²) in [7, 11) is 0. The van der Waals surface area contributed by atoms with Crippen LogP contribution >= 0.6 is 0 Å². The van der Waals surface area contributed by atoms with E-state index in [0.717, 1.165) is 18.6 Å². The number of carbonyl (C=O) groups excluding carboxylic acids is 1. The zero-order valence-electron chi connectivity index (χ0n) is 9.19. The van der Waals surface area contributed by atoms with E-state index in [1.807, 2.05) is 0 Å². The number of nitrogens with two attached hydrogens (primary N) is 1. The molecule has 86 valence electrons. The number of ketones is 1. The molecule has 1 aromatic heterocycles. The Kier molecular flexibility index (Phi) is 3.51. The van der Waals surface area contributed by atoms with Gasteiger partial charge in [-0.3, -0.25) is 9.78 Å². The second kappa shape index (κ2) is 5.07. The second-order valence-corrected chi connectivity index (χ2v) is 4.22. The van der Waals surface area contributed by atoms with Crippen molar-refractivity contribution < 1.29 is 9.53 Å². The van der Waals surface area contributed by atoms with Gasteiger partial charge in [-0.2, -0.15) is 0 Å². The van der Waals surface area contributed by atoms with Crippen LogP contribution in [0.25, 0.3) is 0 Å². The van der Waals surface area contributed by atoms with Crippen LogP contribution in [0, 0.1) is 5.92 Å². The van der Waals surface area contributed by atoms with Gasteiger partial charge in [0.2, 0.25) is 0 Å². The van der Waals surface area contributed by atoms with E-state index in [1.165, 1.54) is 0 Å². The Balaban J connectivity index is 1.89. The Morgan fingerprint density at radius 2 is 2.50 bits per heavy atom. The molecule has 16 heavy (non-hydrogen) atoms. The average molecular weight is 220 g/mol. The first-order valence-corrected chi connectivity index (χ1v) is 5.53. The van der Waals surface area contributed by atoms with Crippen molar-refractivity contribution in [2.45, 2.75) is 19.3 Å². The van der Waals surface area contributed by atoms with Gasteiger partial charge in [-0.05, 0) is 18.4 Å². The predicted molar refractivity (Wildman–Crippen MR) is 60.9 cm³/mol. The van der Waals surface area contributed by atoms with Crippen LogP contribution in [0.5, 0.6) is 0 Å². The molecule has 0 spiro atoms. The van der Waals surface area contributed by atoms with E-state index in [0.29, 0.717) is 31.1 Å². The maximum atomic E-state index is 11.8. The molecule has 0 radical (unpaired) electrons. The van der Waals surface area contributed by atoms with Crippen molar-refractivity contribution in [1.29, 1.82) is 0 Å². The molecule has 1 aromatic rings. The van der Waals surface area contributed by atoms with Gasteiger partial charge >= 0.3 is 0 Å². The fourth-order valence-electron chi connectivity index (χ4n) is 1.94. The maximum absolute atomic E-state index is 11.8. The third kappa shape index (κ3) is 2.79.